The van der Waals surface area contributed by atoms with E-state index in [4.69, 9.17) is 0 Å². The van der Waals surface area contributed by atoms with Crippen LogP contribution in [0.15, 0.2) is 84.9 Å². The topological polar surface area (TPSA) is 3.24 Å². The van der Waals surface area contributed by atoms with Crippen LogP contribution < -0.4 is 37.7 Å². The van der Waals surface area contributed by atoms with Gasteiger partial charge in [0.15, 0.2) is 0 Å². The summed E-state index contributed by atoms with van der Waals surface area (Å²) in [6.45, 7) is 17.2. The molecule has 4 aliphatic heterocycles. The molecule has 214 valence electrons. The Bertz CT molecular complexity index is 1940. The molecule has 0 aromatic heterocycles. The molecule has 4 aliphatic rings. The van der Waals surface area contributed by atoms with Crippen molar-refractivity contribution in [3.8, 4) is 0 Å². The fraction of sp³-hybridized carbons (Fsp3) is 0.268. The summed E-state index contributed by atoms with van der Waals surface area (Å²) in [4.78, 5) is 2.69. The smallest absolute Gasteiger partial charge is 0.247 e. The summed E-state index contributed by atoms with van der Waals surface area (Å²) in [6.07, 6.45) is 2.24. The van der Waals surface area contributed by atoms with Gasteiger partial charge in [0.25, 0.3) is 0 Å². The van der Waals surface area contributed by atoms with Crippen molar-refractivity contribution < 1.29 is 0 Å². The lowest BCUT2D eigenvalue weighted by atomic mass is 9.26. The second kappa shape index (κ2) is 8.60. The molecule has 4 heterocycles. The van der Waals surface area contributed by atoms with Gasteiger partial charge in [-0.2, -0.15) is 0 Å². The monoisotopic (exact) mass is 567 g/mol. The Morgan fingerprint density at radius 1 is 0.591 bits per heavy atom. The maximum atomic E-state index is 2.69. The molecule has 9 rings (SSSR count). The normalized spacial score (nSPS) is 16.9. The zero-order chi connectivity index (χ0) is 30.3. The number of hydrogen-bond acceptors (Lipinski definition) is 1. The fourth-order valence-electron chi connectivity index (χ4n) is 10.2. The lowest BCUT2D eigenvalue weighted by Gasteiger charge is -2.51. The Kier molecular flexibility index (Phi) is 5.16. The minimum Gasteiger partial charge on any atom is -0.313 e. The number of benzene rings is 5. The van der Waals surface area contributed by atoms with Gasteiger partial charge in [-0.05, 0) is 93.2 Å². The number of aryl methyl sites for hydroxylation is 3. The van der Waals surface area contributed by atoms with E-state index >= 15 is 0 Å². The van der Waals surface area contributed by atoms with E-state index in [0.717, 1.165) is 12.8 Å². The lowest BCUT2D eigenvalue weighted by Crippen LogP contribution is -2.70. The van der Waals surface area contributed by atoms with Gasteiger partial charge in [0.05, 0.1) is 0 Å². The van der Waals surface area contributed by atoms with Crippen LogP contribution in [0.5, 0.6) is 0 Å². The molecule has 0 spiro atoms. The van der Waals surface area contributed by atoms with Crippen molar-refractivity contribution in [3.05, 3.63) is 124 Å². The molecule has 0 atom stereocenters. The van der Waals surface area contributed by atoms with E-state index in [0.29, 0.717) is 0 Å². The predicted octanol–water partition coefficient (Wildman–Crippen LogP) is 5.66. The van der Waals surface area contributed by atoms with Crippen LogP contribution in [0.4, 0.5) is 17.1 Å². The largest absolute Gasteiger partial charge is 0.313 e. The molecule has 3 heteroatoms. The van der Waals surface area contributed by atoms with Crippen molar-refractivity contribution in [3.63, 3.8) is 0 Å². The Balaban J connectivity index is 1.48. The predicted molar refractivity (Wildman–Crippen MR) is 191 cm³/mol. The maximum absolute atomic E-state index is 2.69. The van der Waals surface area contributed by atoms with Gasteiger partial charge in [0, 0.05) is 27.9 Å². The highest BCUT2D eigenvalue weighted by Gasteiger charge is 2.52. The van der Waals surface area contributed by atoms with Gasteiger partial charge in [-0.3, -0.25) is 0 Å². The molecular formula is C41H39B2N. The highest BCUT2D eigenvalue weighted by molar-refractivity contribution is 7.03. The van der Waals surface area contributed by atoms with Crippen LogP contribution in [-0.4, -0.2) is 13.4 Å². The van der Waals surface area contributed by atoms with E-state index in [2.05, 4.69) is 138 Å². The summed E-state index contributed by atoms with van der Waals surface area (Å²) in [5.74, 6) is 0. The first-order valence-corrected chi connectivity index (χ1v) is 16.6. The summed E-state index contributed by atoms with van der Waals surface area (Å²) in [7, 11) is 0. The Labute approximate surface area is 263 Å². The average Bonchev–Trinajstić information content (AvgIpc) is 3.00. The molecule has 0 aliphatic carbocycles. The minimum atomic E-state index is -0.0736. The molecule has 0 saturated carbocycles. The van der Waals surface area contributed by atoms with Crippen molar-refractivity contribution >= 4 is 63.3 Å². The summed E-state index contributed by atoms with van der Waals surface area (Å²) in [5, 5.41) is 0. The van der Waals surface area contributed by atoms with Crippen molar-refractivity contribution in [2.75, 3.05) is 4.90 Å². The SMILES string of the molecule is CCCc1cc2c3c(c1)B1c4ccccc4C(C)(C)c4c(C)ccc(c41)N3c1ccc(C)c3c1B2c1ccccc1C3(C)C. The van der Waals surface area contributed by atoms with Crippen LogP contribution >= 0.6 is 0 Å². The lowest BCUT2D eigenvalue weighted by molar-refractivity contribution is 0.640. The molecule has 5 aromatic rings. The molecule has 44 heavy (non-hydrogen) atoms. The van der Waals surface area contributed by atoms with Crippen molar-refractivity contribution in [1.29, 1.82) is 0 Å². The van der Waals surface area contributed by atoms with Gasteiger partial charge in [0.1, 0.15) is 0 Å². The van der Waals surface area contributed by atoms with Gasteiger partial charge < -0.3 is 4.90 Å². The average molecular weight is 567 g/mol. The van der Waals surface area contributed by atoms with Gasteiger partial charge in [0.2, 0.25) is 13.4 Å². The molecule has 0 bridgehead atoms. The molecular weight excluding hydrogens is 528 g/mol. The first-order chi connectivity index (χ1) is 21.2. The quantitative estimate of drug-likeness (QED) is 0.244. The van der Waals surface area contributed by atoms with Crippen molar-refractivity contribution in [2.45, 2.75) is 72.1 Å². The number of hydrogen-bond donors (Lipinski definition) is 0. The third kappa shape index (κ3) is 3.04. The van der Waals surface area contributed by atoms with E-state index in [9.17, 15) is 0 Å². The van der Waals surface area contributed by atoms with Gasteiger partial charge in [-0.1, -0.05) is 125 Å². The third-order valence-electron chi connectivity index (χ3n) is 11.7. The molecule has 0 radical (unpaired) electrons. The first-order valence-electron chi connectivity index (χ1n) is 16.6. The van der Waals surface area contributed by atoms with Crippen LogP contribution in [0.1, 0.15) is 80.0 Å². The van der Waals surface area contributed by atoms with E-state index < -0.39 is 0 Å². The first kappa shape index (κ1) is 26.4. The zero-order valence-corrected chi connectivity index (χ0v) is 27.1. The van der Waals surface area contributed by atoms with Crippen LogP contribution in [0.25, 0.3) is 0 Å². The zero-order valence-electron chi connectivity index (χ0n) is 27.1. The number of nitrogens with zero attached hydrogens (tertiary/aromatic N) is 1. The number of rotatable bonds is 2. The van der Waals surface area contributed by atoms with Crippen LogP contribution in [-0.2, 0) is 17.3 Å². The third-order valence-corrected chi connectivity index (χ3v) is 11.7. The van der Waals surface area contributed by atoms with E-state index in [1.165, 1.54) is 88.8 Å². The van der Waals surface area contributed by atoms with Gasteiger partial charge in [-0.25, -0.2) is 0 Å². The fourth-order valence-corrected chi connectivity index (χ4v) is 10.2. The van der Waals surface area contributed by atoms with E-state index in [-0.39, 0.29) is 24.3 Å². The van der Waals surface area contributed by atoms with Crippen LogP contribution in [0.3, 0.4) is 0 Å². The van der Waals surface area contributed by atoms with E-state index in [1.54, 1.807) is 0 Å². The maximum Gasteiger partial charge on any atom is 0.247 e. The molecule has 0 N–H and O–H groups in total. The molecule has 1 nitrogen and oxygen atoms in total. The minimum absolute atomic E-state index is 0.0736. The van der Waals surface area contributed by atoms with Gasteiger partial charge >= 0.3 is 0 Å². The Hall–Kier alpha value is -3.97. The highest BCUT2D eigenvalue weighted by atomic mass is 15.2. The molecule has 0 fully saturated rings. The Morgan fingerprint density at radius 2 is 1.05 bits per heavy atom. The molecule has 0 saturated heterocycles. The molecule has 5 aromatic carbocycles. The molecule has 0 amide bonds. The van der Waals surface area contributed by atoms with Crippen molar-refractivity contribution in [2.24, 2.45) is 0 Å². The highest BCUT2D eigenvalue weighted by Crippen LogP contribution is 2.47. The van der Waals surface area contributed by atoms with Crippen LogP contribution in [0, 0.1) is 13.8 Å². The summed E-state index contributed by atoms with van der Waals surface area (Å²) < 4.78 is 0. The number of fused-ring (bicyclic) bond motifs is 8. The second-order valence-corrected chi connectivity index (χ2v) is 14.9. The van der Waals surface area contributed by atoms with Gasteiger partial charge in [-0.15, -0.1) is 0 Å². The summed E-state index contributed by atoms with van der Waals surface area (Å²) in [5.41, 5.74) is 23.2. The standard InChI is InChI=1S/C41H39B2N/c1-8-13-26-22-31-39-32(23-26)43-30-17-12-10-15-28(30)41(6,7)36-25(3)19-21-34(38(36)43)44(39)33-20-18-24(2)35-37(33)42(31)29-16-11-9-14-27(29)40(35,4)5/h9-12,14-23H,8,13H2,1-7H3. The second-order valence-electron chi connectivity index (χ2n) is 14.9. The number of anilines is 3. The van der Waals surface area contributed by atoms with Crippen LogP contribution in [0.2, 0.25) is 0 Å². The Morgan fingerprint density at radius 3 is 1.50 bits per heavy atom. The van der Waals surface area contributed by atoms with Crippen molar-refractivity contribution in [1.82, 2.24) is 0 Å². The summed E-state index contributed by atoms with van der Waals surface area (Å²) in [6, 6.07) is 33.4. The summed E-state index contributed by atoms with van der Waals surface area (Å²) >= 11 is 0. The van der Waals surface area contributed by atoms with E-state index in [1.807, 2.05) is 0 Å². The molecule has 0 unspecified atom stereocenters.